The second-order valence-electron chi connectivity index (χ2n) is 5.86. The lowest BCUT2D eigenvalue weighted by Crippen LogP contribution is -2.10. The van der Waals surface area contributed by atoms with Crippen molar-refractivity contribution in [3.8, 4) is 11.8 Å². The number of para-hydroxylation sites is 1. The van der Waals surface area contributed by atoms with Crippen molar-refractivity contribution in [3.05, 3.63) is 100 Å². The van der Waals surface area contributed by atoms with Crippen LogP contribution in [0.3, 0.4) is 0 Å². The smallest absolute Gasteiger partial charge is 0.339 e. The van der Waals surface area contributed by atoms with Gasteiger partial charge in [0.2, 0.25) is 0 Å². The molecule has 0 N–H and O–H groups in total. The molecule has 0 aliphatic heterocycles. The number of allylic oxidation sites excluding steroid dienone is 1. The third kappa shape index (κ3) is 4.66. The Balaban J connectivity index is 1.97. The van der Waals surface area contributed by atoms with E-state index in [9.17, 15) is 23.8 Å². The molecule has 0 fully saturated rings. The first-order valence-corrected chi connectivity index (χ1v) is 9.77. The molecule has 0 aliphatic carbocycles. The van der Waals surface area contributed by atoms with Crippen LogP contribution in [0.4, 0.5) is 5.69 Å². The Morgan fingerprint density at radius 1 is 0.966 bits per heavy atom. The number of benzene rings is 3. The molecule has 0 saturated heterocycles. The van der Waals surface area contributed by atoms with E-state index >= 15 is 0 Å². The minimum absolute atomic E-state index is 0.00894. The highest BCUT2D eigenvalue weighted by Gasteiger charge is 2.18. The lowest BCUT2D eigenvalue weighted by atomic mass is 10.0. The number of nitro groups is 1. The molecule has 0 radical (unpaired) electrons. The SMILES string of the molecule is N#C/C(=C/c1ccccc1OS(=O)(=O)c1ccccc1)c1ccc([N+](=O)[O-])cc1. The fourth-order valence-electron chi connectivity index (χ4n) is 2.53. The van der Waals surface area contributed by atoms with E-state index in [1.807, 2.05) is 6.07 Å². The lowest BCUT2D eigenvalue weighted by molar-refractivity contribution is -0.384. The van der Waals surface area contributed by atoms with Gasteiger partial charge in [0.1, 0.15) is 10.6 Å². The van der Waals surface area contributed by atoms with Crippen molar-refractivity contribution in [2.24, 2.45) is 0 Å². The molecule has 0 amide bonds. The van der Waals surface area contributed by atoms with Crippen molar-refractivity contribution in [2.75, 3.05) is 0 Å². The number of nitriles is 1. The van der Waals surface area contributed by atoms with Crippen LogP contribution >= 0.6 is 0 Å². The van der Waals surface area contributed by atoms with Crippen LogP contribution in [0.5, 0.6) is 5.75 Å². The minimum Gasteiger partial charge on any atom is -0.378 e. The predicted molar refractivity (Wildman–Crippen MR) is 107 cm³/mol. The number of non-ortho nitro benzene ring substituents is 1. The number of hydrogen-bond donors (Lipinski definition) is 0. The van der Waals surface area contributed by atoms with Crippen LogP contribution in [0.2, 0.25) is 0 Å². The molecule has 0 aliphatic rings. The average molecular weight is 406 g/mol. The van der Waals surface area contributed by atoms with Gasteiger partial charge in [-0.05, 0) is 42.0 Å². The highest BCUT2D eigenvalue weighted by Crippen LogP contribution is 2.28. The van der Waals surface area contributed by atoms with Crippen molar-refractivity contribution >= 4 is 27.5 Å². The Bertz CT molecular complexity index is 1210. The van der Waals surface area contributed by atoms with Crippen LogP contribution < -0.4 is 4.18 Å². The van der Waals surface area contributed by atoms with E-state index in [4.69, 9.17) is 4.18 Å². The van der Waals surface area contributed by atoms with Crippen LogP contribution in [0, 0.1) is 21.4 Å². The summed E-state index contributed by atoms with van der Waals surface area (Å²) in [5.41, 5.74) is 0.942. The van der Waals surface area contributed by atoms with E-state index in [1.54, 1.807) is 36.4 Å². The maximum Gasteiger partial charge on any atom is 0.339 e. The van der Waals surface area contributed by atoms with Gasteiger partial charge in [-0.1, -0.05) is 36.4 Å². The van der Waals surface area contributed by atoms with E-state index < -0.39 is 15.0 Å². The van der Waals surface area contributed by atoms with Gasteiger partial charge in [-0.25, -0.2) is 0 Å². The van der Waals surface area contributed by atoms with Crippen molar-refractivity contribution < 1.29 is 17.5 Å². The molecule has 0 spiro atoms. The molecular weight excluding hydrogens is 392 g/mol. The van der Waals surface area contributed by atoms with Gasteiger partial charge in [-0.15, -0.1) is 0 Å². The van der Waals surface area contributed by atoms with Gasteiger partial charge in [-0.2, -0.15) is 13.7 Å². The predicted octanol–water partition coefficient (Wildman–Crippen LogP) is 4.43. The summed E-state index contributed by atoms with van der Waals surface area (Å²) in [4.78, 5) is 10.3. The van der Waals surface area contributed by atoms with Gasteiger partial charge in [0.05, 0.1) is 16.6 Å². The number of hydrogen-bond acceptors (Lipinski definition) is 6. The Morgan fingerprint density at radius 2 is 1.59 bits per heavy atom. The molecule has 3 aromatic rings. The third-order valence-electron chi connectivity index (χ3n) is 3.96. The van der Waals surface area contributed by atoms with Gasteiger partial charge >= 0.3 is 10.1 Å². The number of nitrogens with zero attached hydrogens (tertiary/aromatic N) is 2. The van der Waals surface area contributed by atoms with Gasteiger partial charge in [-0.3, -0.25) is 10.1 Å². The zero-order valence-electron chi connectivity index (χ0n) is 14.9. The largest absolute Gasteiger partial charge is 0.378 e. The lowest BCUT2D eigenvalue weighted by Gasteiger charge is -2.10. The molecule has 0 heterocycles. The van der Waals surface area contributed by atoms with Crippen molar-refractivity contribution in [1.29, 1.82) is 5.26 Å². The second-order valence-corrected chi connectivity index (χ2v) is 7.41. The molecule has 7 nitrogen and oxygen atoms in total. The molecular formula is C21H14N2O5S. The molecule has 8 heteroatoms. The normalized spacial score (nSPS) is 11.5. The molecule has 144 valence electrons. The first-order chi connectivity index (χ1) is 13.9. The highest BCUT2D eigenvalue weighted by molar-refractivity contribution is 7.87. The van der Waals surface area contributed by atoms with Crippen LogP contribution in [0.15, 0.2) is 83.8 Å². The summed E-state index contributed by atoms with van der Waals surface area (Å²) in [7, 11) is -4.05. The zero-order valence-corrected chi connectivity index (χ0v) is 15.7. The van der Waals surface area contributed by atoms with Gasteiger partial charge in [0, 0.05) is 17.7 Å². The standard InChI is InChI=1S/C21H14N2O5S/c22-15-18(16-10-12-19(13-11-16)23(24)25)14-17-6-4-5-9-21(17)28-29(26,27)20-7-2-1-3-8-20/h1-14H/b18-14-. The molecule has 0 unspecified atom stereocenters. The molecule has 0 aromatic heterocycles. The average Bonchev–Trinajstić information content (AvgIpc) is 2.73. The van der Waals surface area contributed by atoms with Crippen molar-refractivity contribution in [1.82, 2.24) is 0 Å². The maximum atomic E-state index is 12.5. The van der Waals surface area contributed by atoms with E-state index in [-0.39, 0.29) is 21.9 Å². The Kier molecular flexibility index (Phi) is 5.71. The Hall–Kier alpha value is -3.96. The topological polar surface area (TPSA) is 110 Å². The van der Waals surface area contributed by atoms with E-state index in [0.717, 1.165) is 0 Å². The summed E-state index contributed by atoms with van der Waals surface area (Å²) in [5.74, 6) is 0.0611. The van der Waals surface area contributed by atoms with Gasteiger partial charge in [0.15, 0.2) is 0 Å². The summed E-state index contributed by atoms with van der Waals surface area (Å²) in [6.07, 6.45) is 1.47. The number of rotatable bonds is 6. The van der Waals surface area contributed by atoms with Crippen molar-refractivity contribution in [3.63, 3.8) is 0 Å². The van der Waals surface area contributed by atoms with Crippen LogP contribution in [0.1, 0.15) is 11.1 Å². The molecule has 3 aromatic carbocycles. The second kappa shape index (κ2) is 8.37. The van der Waals surface area contributed by atoms with Crippen molar-refractivity contribution in [2.45, 2.75) is 4.90 Å². The first kappa shape index (κ1) is 19.8. The van der Waals surface area contributed by atoms with E-state index in [0.29, 0.717) is 11.1 Å². The monoisotopic (exact) mass is 406 g/mol. The quantitative estimate of drug-likeness (QED) is 0.197. The minimum atomic E-state index is -4.05. The maximum absolute atomic E-state index is 12.5. The van der Waals surface area contributed by atoms with E-state index in [2.05, 4.69) is 0 Å². The molecule has 0 saturated carbocycles. The number of nitro benzene ring substituents is 1. The summed E-state index contributed by atoms with van der Waals surface area (Å²) in [5, 5.41) is 20.3. The van der Waals surface area contributed by atoms with E-state index in [1.165, 1.54) is 48.5 Å². The highest BCUT2D eigenvalue weighted by atomic mass is 32.2. The summed E-state index contributed by atoms with van der Waals surface area (Å²) in [6.45, 7) is 0. The van der Waals surface area contributed by atoms with Crippen LogP contribution in [0.25, 0.3) is 11.6 Å². The Morgan fingerprint density at radius 3 is 2.21 bits per heavy atom. The first-order valence-electron chi connectivity index (χ1n) is 8.36. The van der Waals surface area contributed by atoms with Gasteiger partial charge < -0.3 is 4.18 Å². The molecule has 0 bridgehead atoms. The fourth-order valence-corrected chi connectivity index (χ4v) is 3.50. The van der Waals surface area contributed by atoms with Crippen LogP contribution in [-0.2, 0) is 10.1 Å². The molecule has 29 heavy (non-hydrogen) atoms. The third-order valence-corrected chi connectivity index (χ3v) is 5.21. The molecule has 3 rings (SSSR count). The summed E-state index contributed by atoms with van der Waals surface area (Å²) < 4.78 is 30.3. The Labute approximate surface area is 167 Å². The molecule has 0 atom stereocenters. The van der Waals surface area contributed by atoms with Crippen LogP contribution in [-0.4, -0.2) is 13.3 Å². The zero-order chi connectivity index (χ0) is 20.9. The summed E-state index contributed by atoms with van der Waals surface area (Å²) in [6, 6.07) is 21.6. The van der Waals surface area contributed by atoms with Gasteiger partial charge in [0.25, 0.3) is 5.69 Å². The summed E-state index contributed by atoms with van der Waals surface area (Å²) >= 11 is 0. The fraction of sp³-hybridized carbons (Fsp3) is 0.